The molecule has 0 spiro atoms. The molecule has 6 heteroatoms. The Morgan fingerprint density at radius 3 is 1.95 bits per heavy atom. The normalized spacial score (nSPS) is 9.18. The van der Waals surface area contributed by atoms with Crippen LogP contribution in [0.5, 0.6) is 5.75 Å². The van der Waals surface area contributed by atoms with Crippen LogP contribution in [0.3, 0.4) is 0 Å². The number of nitrogens with zero attached hydrogens (tertiary/aromatic N) is 3. The maximum atomic E-state index is 12.2. The highest BCUT2D eigenvalue weighted by Gasteiger charge is 2.08. The van der Waals surface area contributed by atoms with Gasteiger partial charge in [-0.15, -0.1) is 0 Å². The number of phenols is 1. The molecule has 2 aromatic carbocycles. The van der Waals surface area contributed by atoms with Crippen molar-refractivity contribution in [2.24, 2.45) is 5.10 Å². The van der Waals surface area contributed by atoms with Gasteiger partial charge in [0.25, 0.3) is 0 Å². The summed E-state index contributed by atoms with van der Waals surface area (Å²) >= 11 is 0. The van der Waals surface area contributed by atoms with E-state index in [2.05, 4.69) is 10.5 Å². The summed E-state index contributed by atoms with van der Waals surface area (Å²) in [5, 5.41) is 29.9. The number of benzene rings is 2. The lowest BCUT2D eigenvalue weighted by Gasteiger charge is -2.04. The zero-order chi connectivity index (χ0) is 15.9. The van der Waals surface area contributed by atoms with Crippen LogP contribution >= 0.6 is 0 Å². The summed E-state index contributed by atoms with van der Waals surface area (Å²) in [7, 11) is 0. The van der Waals surface area contributed by atoms with Crippen LogP contribution in [-0.4, -0.2) is 16.6 Å². The molecule has 0 aliphatic carbocycles. The predicted molar refractivity (Wildman–Crippen MR) is 80.3 cm³/mol. The van der Waals surface area contributed by atoms with Crippen molar-refractivity contribution in [3.63, 3.8) is 0 Å². The number of hydrazone groups is 1. The second kappa shape index (κ2) is 6.69. The van der Waals surface area contributed by atoms with Crippen LogP contribution in [0.2, 0.25) is 0 Å². The summed E-state index contributed by atoms with van der Waals surface area (Å²) in [5.41, 5.74) is 3.76. The van der Waals surface area contributed by atoms with Crippen molar-refractivity contribution in [3.05, 3.63) is 59.7 Å². The number of carbonyl (C=O) groups excluding carboxylic acids is 1. The Balaban J connectivity index is 2.14. The molecule has 0 fully saturated rings. The first kappa shape index (κ1) is 14.8. The molecular weight excluding hydrogens is 280 g/mol. The number of hydrogen-bond acceptors (Lipinski definition) is 6. The maximum absolute atomic E-state index is 12.2. The average molecular weight is 290 g/mol. The predicted octanol–water partition coefficient (Wildman–Crippen LogP) is 2.44. The van der Waals surface area contributed by atoms with Gasteiger partial charge in [0, 0.05) is 11.1 Å². The molecule has 0 amide bonds. The van der Waals surface area contributed by atoms with Gasteiger partial charge in [-0.3, -0.25) is 10.2 Å². The molecule has 0 atom stereocenters. The Bertz CT molecular complexity index is 778. The zero-order valence-electron chi connectivity index (χ0n) is 11.3. The van der Waals surface area contributed by atoms with E-state index in [0.717, 1.165) is 0 Å². The van der Waals surface area contributed by atoms with Crippen molar-refractivity contribution in [3.8, 4) is 17.9 Å². The quantitative estimate of drug-likeness (QED) is 0.510. The maximum Gasteiger partial charge on any atom is 0.237 e. The fourth-order valence-electron chi connectivity index (χ4n) is 1.67. The van der Waals surface area contributed by atoms with Crippen LogP contribution in [-0.2, 0) is 0 Å². The third-order valence-corrected chi connectivity index (χ3v) is 2.79. The second-order valence-corrected chi connectivity index (χ2v) is 4.25. The van der Waals surface area contributed by atoms with E-state index in [1.165, 1.54) is 12.1 Å². The number of nitriles is 2. The van der Waals surface area contributed by atoms with E-state index in [4.69, 9.17) is 10.5 Å². The minimum atomic E-state index is -0.288. The summed E-state index contributed by atoms with van der Waals surface area (Å²) < 4.78 is 0. The molecule has 106 valence electrons. The van der Waals surface area contributed by atoms with Gasteiger partial charge in [-0.05, 0) is 48.5 Å². The first-order chi connectivity index (χ1) is 10.6. The smallest absolute Gasteiger partial charge is 0.237 e. The van der Waals surface area contributed by atoms with Crippen LogP contribution in [0.15, 0.2) is 53.6 Å². The molecule has 0 saturated carbocycles. The van der Waals surface area contributed by atoms with Crippen molar-refractivity contribution in [2.45, 2.75) is 0 Å². The SMILES string of the molecule is N#CC(C#N)=NNc1ccc(C(=O)c2ccc(O)cc2)cc1. The Morgan fingerprint density at radius 2 is 1.45 bits per heavy atom. The Labute approximate surface area is 126 Å². The molecule has 0 aromatic heterocycles. The molecule has 0 unspecified atom stereocenters. The van der Waals surface area contributed by atoms with Gasteiger partial charge >= 0.3 is 0 Å². The van der Waals surface area contributed by atoms with Gasteiger partial charge in [0.2, 0.25) is 5.71 Å². The van der Waals surface area contributed by atoms with Crippen molar-refractivity contribution in [1.82, 2.24) is 0 Å². The lowest BCUT2D eigenvalue weighted by atomic mass is 10.0. The monoisotopic (exact) mass is 290 g/mol. The van der Waals surface area contributed by atoms with Gasteiger partial charge in [-0.2, -0.15) is 15.6 Å². The number of anilines is 1. The highest BCUT2D eigenvalue weighted by atomic mass is 16.3. The minimum Gasteiger partial charge on any atom is -0.508 e. The van der Waals surface area contributed by atoms with E-state index in [1.807, 2.05) is 0 Å². The third-order valence-electron chi connectivity index (χ3n) is 2.79. The molecule has 0 aliphatic heterocycles. The van der Waals surface area contributed by atoms with E-state index >= 15 is 0 Å². The lowest BCUT2D eigenvalue weighted by Crippen LogP contribution is -2.01. The van der Waals surface area contributed by atoms with Crippen molar-refractivity contribution in [1.29, 1.82) is 10.5 Å². The van der Waals surface area contributed by atoms with E-state index in [-0.39, 0.29) is 17.2 Å². The Kier molecular flexibility index (Phi) is 4.49. The molecule has 0 bridgehead atoms. The van der Waals surface area contributed by atoms with Crippen LogP contribution in [0, 0.1) is 22.7 Å². The first-order valence-electron chi connectivity index (χ1n) is 6.21. The summed E-state index contributed by atoms with van der Waals surface area (Å²) in [6.07, 6.45) is 0. The number of aromatic hydroxyl groups is 1. The molecule has 2 N–H and O–H groups in total. The van der Waals surface area contributed by atoms with E-state index in [1.54, 1.807) is 48.5 Å². The molecular formula is C16H10N4O2. The van der Waals surface area contributed by atoms with Gasteiger partial charge in [0.15, 0.2) is 5.78 Å². The fraction of sp³-hybridized carbons (Fsp3) is 0. The number of ketones is 1. The van der Waals surface area contributed by atoms with Crippen molar-refractivity contribution < 1.29 is 9.90 Å². The van der Waals surface area contributed by atoms with E-state index < -0.39 is 0 Å². The summed E-state index contributed by atoms with van der Waals surface area (Å²) in [5.74, 6) is -0.0791. The van der Waals surface area contributed by atoms with Gasteiger partial charge in [0.05, 0.1) is 5.69 Å². The fourth-order valence-corrected chi connectivity index (χ4v) is 1.67. The van der Waals surface area contributed by atoms with Crippen LogP contribution < -0.4 is 5.43 Å². The van der Waals surface area contributed by atoms with Crippen LogP contribution in [0.25, 0.3) is 0 Å². The summed E-state index contributed by atoms with van der Waals surface area (Å²) in [4.78, 5) is 12.2. The molecule has 0 heterocycles. The number of hydrogen-bond donors (Lipinski definition) is 2. The molecule has 0 radical (unpaired) electrons. The molecule has 6 nitrogen and oxygen atoms in total. The first-order valence-corrected chi connectivity index (χ1v) is 6.21. The molecule has 0 saturated heterocycles. The van der Waals surface area contributed by atoms with Gasteiger partial charge < -0.3 is 5.11 Å². The number of carbonyl (C=O) groups is 1. The van der Waals surface area contributed by atoms with Crippen LogP contribution in [0.4, 0.5) is 5.69 Å². The molecule has 2 rings (SSSR count). The number of rotatable bonds is 4. The van der Waals surface area contributed by atoms with Gasteiger partial charge in [0.1, 0.15) is 17.9 Å². The topological polar surface area (TPSA) is 109 Å². The summed E-state index contributed by atoms with van der Waals surface area (Å²) in [6, 6.07) is 15.7. The average Bonchev–Trinajstić information content (AvgIpc) is 2.56. The molecule has 0 aliphatic rings. The van der Waals surface area contributed by atoms with E-state index in [0.29, 0.717) is 16.8 Å². The number of nitrogens with one attached hydrogen (secondary N) is 1. The molecule has 22 heavy (non-hydrogen) atoms. The zero-order valence-corrected chi connectivity index (χ0v) is 11.3. The van der Waals surface area contributed by atoms with E-state index in [9.17, 15) is 9.90 Å². The third kappa shape index (κ3) is 3.47. The summed E-state index contributed by atoms with van der Waals surface area (Å²) in [6.45, 7) is 0. The minimum absolute atomic E-state index is 0.0970. The number of phenolic OH excluding ortho intramolecular Hbond substituents is 1. The van der Waals surface area contributed by atoms with Crippen LogP contribution in [0.1, 0.15) is 15.9 Å². The van der Waals surface area contributed by atoms with Crippen molar-refractivity contribution >= 4 is 17.2 Å². The lowest BCUT2D eigenvalue weighted by molar-refractivity contribution is 0.103. The highest BCUT2D eigenvalue weighted by molar-refractivity contribution is 6.10. The Morgan fingerprint density at radius 1 is 0.955 bits per heavy atom. The largest absolute Gasteiger partial charge is 0.508 e. The Hall–Kier alpha value is -3.64. The standard InChI is InChI=1S/C16H10N4O2/c17-9-14(10-18)20-19-13-5-1-11(2-6-13)16(22)12-3-7-15(21)8-4-12/h1-8,19,21H. The van der Waals surface area contributed by atoms with Gasteiger partial charge in [-0.25, -0.2) is 0 Å². The molecule has 2 aromatic rings. The van der Waals surface area contributed by atoms with Crippen molar-refractivity contribution in [2.75, 3.05) is 5.43 Å². The second-order valence-electron chi connectivity index (χ2n) is 4.25. The van der Waals surface area contributed by atoms with Gasteiger partial charge in [-0.1, -0.05) is 0 Å². The highest BCUT2D eigenvalue weighted by Crippen LogP contribution is 2.16.